The maximum atomic E-state index is 5.17. The van der Waals surface area contributed by atoms with Gasteiger partial charge in [0.2, 0.25) is 0 Å². The predicted molar refractivity (Wildman–Crippen MR) is 75.1 cm³/mol. The summed E-state index contributed by atoms with van der Waals surface area (Å²) >= 11 is 5.17. The number of methoxy groups -OCH3 is 1. The number of benzene rings is 1. The van der Waals surface area contributed by atoms with Gasteiger partial charge < -0.3 is 15.4 Å². The van der Waals surface area contributed by atoms with Crippen molar-refractivity contribution in [3.05, 3.63) is 35.4 Å². The Kier molecular flexibility index (Phi) is 6.58. The molecule has 0 aliphatic rings. The smallest absolute Gasteiger partial charge is 0.166 e. The van der Waals surface area contributed by atoms with Crippen molar-refractivity contribution in [2.45, 2.75) is 19.9 Å². The van der Waals surface area contributed by atoms with Crippen LogP contribution in [0.4, 0.5) is 0 Å². The van der Waals surface area contributed by atoms with Crippen molar-refractivity contribution in [2.75, 3.05) is 20.3 Å². The van der Waals surface area contributed by atoms with Crippen LogP contribution in [-0.4, -0.2) is 25.4 Å². The van der Waals surface area contributed by atoms with Crippen LogP contribution in [0.2, 0.25) is 0 Å². The lowest BCUT2D eigenvalue weighted by atomic mass is 10.1. The molecule has 2 N–H and O–H groups in total. The monoisotopic (exact) mass is 252 g/mol. The molecule has 17 heavy (non-hydrogen) atoms. The summed E-state index contributed by atoms with van der Waals surface area (Å²) in [6.45, 7) is 4.45. The molecule has 0 fully saturated rings. The van der Waals surface area contributed by atoms with Crippen molar-refractivity contribution in [3.8, 4) is 0 Å². The quantitative estimate of drug-likeness (QED) is 0.599. The molecule has 0 amide bonds. The van der Waals surface area contributed by atoms with E-state index in [2.05, 4.69) is 41.8 Å². The van der Waals surface area contributed by atoms with E-state index in [0.29, 0.717) is 5.11 Å². The van der Waals surface area contributed by atoms with E-state index in [1.807, 2.05) is 0 Å². The van der Waals surface area contributed by atoms with E-state index in [1.165, 1.54) is 11.1 Å². The number of hydrogen-bond acceptors (Lipinski definition) is 2. The van der Waals surface area contributed by atoms with Crippen molar-refractivity contribution < 1.29 is 4.74 Å². The molecule has 1 rings (SSSR count). The van der Waals surface area contributed by atoms with E-state index >= 15 is 0 Å². The topological polar surface area (TPSA) is 33.3 Å². The van der Waals surface area contributed by atoms with Crippen molar-refractivity contribution >= 4 is 17.3 Å². The molecule has 0 saturated heterocycles. The van der Waals surface area contributed by atoms with Crippen LogP contribution in [0.1, 0.15) is 17.5 Å². The average Bonchev–Trinajstić information content (AvgIpc) is 2.32. The van der Waals surface area contributed by atoms with Gasteiger partial charge in [0.1, 0.15) is 0 Å². The summed E-state index contributed by atoms with van der Waals surface area (Å²) in [7, 11) is 1.70. The Hall–Kier alpha value is -1.13. The standard InChI is InChI=1S/C13H20N2OS/c1-11-5-3-6-12(9-11)10-15-13(17)14-7-4-8-16-2/h3,5-6,9H,4,7-8,10H2,1-2H3,(H2,14,15,17). The first-order valence-electron chi connectivity index (χ1n) is 5.78. The number of thiocarbonyl (C=S) groups is 1. The highest BCUT2D eigenvalue weighted by Gasteiger charge is 1.96. The zero-order chi connectivity index (χ0) is 12.5. The fourth-order valence-corrected chi connectivity index (χ4v) is 1.66. The van der Waals surface area contributed by atoms with Crippen molar-refractivity contribution in [1.82, 2.24) is 10.6 Å². The molecule has 0 saturated carbocycles. The molecule has 0 bridgehead atoms. The van der Waals surface area contributed by atoms with Gasteiger partial charge in [-0.2, -0.15) is 0 Å². The Bertz CT molecular complexity index is 355. The molecule has 0 spiro atoms. The third-order valence-electron chi connectivity index (χ3n) is 2.35. The van der Waals surface area contributed by atoms with Gasteiger partial charge in [-0.3, -0.25) is 0 Å². The summed E-state index contributed by atoms with van der Waals surface area (Å²) in [6.07, 6.45) is 0.961. The largest absolute Gasteiger partial charge is 0.385 e. The van der Waals surface area contributed by atoms with Gasteiger partial charge in [0.05, 0.1) is 0 Å². The lowest BCUT2D eigenvalue weighted by molar-refractivity contribution is 0.195. The Morgan fingerprint density at radius 1 is 1.35 bits per heavy atom. The van der Waals surface area contributed by atoms with Crippen molar-refractivity contribution in [1.29, 1.82) is 0 Å². The Morgan fingerprint density at radius 3 is 2.88 bits per heavy atom. The highest BCUT2D eigenvalue weighted by Crippen LogP contribution is 2.02. The molecule has 1 aromatic rings. The number of nitrogens with one attached hydrogen (secondary N) is 2. The minimum atomic E-state index is 0.697. The van der Waals surface area contributed by atoms with Crippen LogP contribution in [0.25, 0.3) is 0 Å². The minimum absolute atomic E-state index is 0.697. The van der Waals surface area contributed by atoms with E-state index in [1.54, 1.807) is 7.11 Å². The van der Waals surface area contributed by atoms with Crippen molar-refractivity contribution in [2.24, 2.45) is 0 Å². The second kappa shape index (κ2) is 8.03. The van der Waals surface area contributed by atoms with Gasteiger partial charge in [0, 0.05) is 26.8 Å². The summed E-state index contributed by atoms with van der Waals surface area (Å²) < 4.78 is 4.96. The maximum absolute atomic E-state index is 5.17. The van der Waals surface area contributed by atoms with Gasteiger partial charge in [-0.25, -0.2) is 0 Å². The molecule has 1 aromatic carbocycles. The number of hydrogen-bond donors (Lipinski definition) is 2. The summed E-state index contributed by atoms with van der Waals surface area (Å²) in [5, 5.41) is 7.02. The normalized spacial score (nSPS) is 10.0. The molecule has 0 atom stereocenters. The molecule has 0 unspecified atom stereocenters. The SMILES string of the molecule is COCCCNC(=S)NCc1cccc(C)c1. The van der Waals surface area contributed by atoms with Crippen LogP contribution < -0.4 is 10.6 Å². The van der Waals surface area contributed by atoms with Crippen LogP contribution in [-0.2, 0) is 11.3 Å². The Morgan fingerprint density at radius 2 is 2.18 bits per heavy atom. The average molecular weight is 252 g/mol. The molecule has 4 heteroatoms. The van der Waals surface area contributed by atoms with E-state index < -0.39 is 0 Å². The molecule has 0 aromatic heterocycles. The zero-order valence-electron chi connectivity index (χ0n) is 10.5. The lowest BCUT2D eigenvalue weighted by Gasteiger charge is -2.10. The highest BCUT2D eigenvalue weighted by molar-refractivity contribution is 7.80. The third-order valence-corrected chi connectivity index (χ3v) is 2.64. The molecule has 0 radical (unpaired) electrons. The number of ether oxygens (including phenoxy) is 1. The summed E-state index contributed by atoms with van der Waals surface area (Å²) in [5.74, 6) is 0. The van der Waals surface area contributed by atoms with Crippen LogP contribution in [0, 0.1) is 6.92 Å². The lowest BCUT2D eigenvalue weighted by Crippen LogP contribution is -2.35. The molecular formula is C13H20N2OS. The first-order chi connectivity index (χ1) is 8.22. The Labute approximate surface area is 109 Å². The fourth-order valence-electron chi connectivity index (χ4n) is 1.49. The predicted octanol–water partition coefficient (Wildman–Crippen LogP) is 2.00. The van der Waals surface area contributed by atoms with E-state index in [0.717, 1.165) is 26.1 Å². The van der Waals surface area contributed by atoms with Gasteiger partial charge in [-0.05, 0) is 31.1 Å². The summed E-state index contributed by atoms with van der Waals surface area (Å²) in [4.78, 5) is 0. The molecule has 94 valence electrons. The molecule has 0 aliphatic heterocycles. The minimum Gasteiger partial charge on any atom is -0.385 e. The van der Waals surface area contributed by atoms with E-state index in [4.69, 9.17) is 17.0 Å². The summed E-state index contributed by atoms with van der Waals surface area (Å²) in [5.41, 5.74) is 2.51. The van der Waals surface area contributed by atoms with Gasteiger partial charge in [-0.15, -0.1) is 0 Å². The van der Waals surface area contributed by atoms with Crippen LogP contribution in [0.15, 0.2) is 24.3 Å². The second-order valence-corrected chi connectivity index (χ2v) is 4.35. The Balaban J connectivity index is 2.19. The van der Waals surface area contributed by atoms with Crippen LogP contribution >= 0.6 is 12.2 Å². The third kappa shape index (κ3) is 6.24. The zero-order valence-corrected chi connectivity index (χ0v) is 11.3. The van der Waals surface area contributed by atoms with Crippen molar-refractivity contribution in [3.63, 3.8) is 0 Å². The first kappa shape index (κ1) is 13.9. The van der Waals surface area contributed by atoms with Gasteiger partial charge in [-0.1, -0.05) is 29.8 Å². The van der Waals surface area contributed by atoms with Gasteiger partial charge in [0.25, 0.3) is 0 Å². The van der Waals surface area contributed by atoms with E-state index in [9.17, 15) is 0 Å². The highest BCUT2D eigenvalue weighted by atomic mass is 32.1. The maximum Gasteiger partial charge on any atom is 0.166 e. The molecule has 0 heterocycles. The van der Waals surface area contributed by atoms with E-state index in [-0.39, 0.29) is 0 Å². The van der Waals surface area contributed by atoms with Gasteiger partial charge >= 0.3 is 0 Å². The van der Waals surface area contributed by atoms with Crippen LogP contribution in [0.3, 0.4) is 0 Å². The fraction of sp³-hybridized carbons (Fsp3) is 0.462. The second-order valence-electron chi connectivity index (χ2n) is 3.94. The molecule has 3 nitrogen and oxygen atoms in total. The van der Waals surface area contributed by atoms with Gasteiger partial charge in [0.15, 0.2) is 5.11 Å². The first-order valence-corrected chi connectivity index (χ1v) is 6.19. The number of rotatable bonds is 6. The van der Waals surface area contributed by atoms with Crippen LogP contribution in [0.5, 0.6) is 0 Å². The summed E-state index contributed by atoms with van der Waals surface area (Å²) in [6, 6.07) is 8.39. The number of aryl methyl sites for hydroxylation is 1. The molecule has 0 aliphatic carbocycles. The molecular weight excluding hydrogens is 232 g/mol.